The van der Waals surface area contributed by atoms with Crippen molar-refractivity contribution < 1.29 is 32.2 Å². The van der Waals surface area contributed by atoms with E-state index in [0.29, 0.717) is 41.5 Å². The predicted molar refractivity (Wildman–Crippen MR) is 126 cm³/mol. The Morgan fingerprint density at radius 2 is 1.56 bits per heavy atom. The highest BCUT2D eigenvalue weighted by molar-refractivity contribution is 7.89. The van der Waals surface area contributed by atoms with Crippen LogP contribution < -0.4 is 14.2 Å². The van der Waals surface area contributed by atoms with Gasteiger partial charge in [0.2, 0.25) is 21.7 Å². The molecule has 2 aliphatic rings. The Kier molecular flexibility index (Phi) is 6.90. The van der Waals surface area contributed by atoms with Crippen molar-refractivity contribution in [1.29, 1.82) is 0 Å². The lowest BCUT2D eigenvalue weighted by molar-refractivity contribution is -0.129. The first kappa shape index (κ1) is 23.8. The molecule has 0 atom stereocenters. The molecule has 0 amide bonds. The van der Waals surface area contributed by atoms with Crippen molar-refractivity contribution in [2.24, 2.45) is 4.99 Å². The maximum Gasteiger partial charge on any atom is 0.363 e. The van der Waals surface area contributed by atoms with E-state index in [2.05, 4.69) is 4.99 Å². The van der Waals surface area contributed by atoms with Gasteiger partial charge >= 0.3 is 5.97 Å². The van der Waals surface area contributed by atoms with Crippen molar-refractivity contribution in [2.75, 3.05) is 34.4 Å². The summed E-state index contributed by atoms with van der Waals surface area (Å²) < 4.78 is 48.5. The Hall–Kier alpha value is -3.37. The molecule has 180 valence electrons. The Morgan fingerprint density at radius 3 is 2.12 bits per heavy atom. The molecule has 0 bridgehead atoms. The van der Waals surface area contributed by atoms with E-state index in [-0.39, 0.29) is 16.5 Å². The molecule has 0 N–H and O–H groups in total. The minimum absolute atomic E-state index is 0.0919. The Labute approximate surface area is 198 Å². The smallest absolute Gasteiger partial charge is 0.363 e. The third-order valence-corrected chi connectivity index (χ3v) is 7.58. The van der Waals surface area contributed by atoms with Gasteiger partial charge in [-0.3, -0.25) is 0 Å². The average Bonchev–Trinajstić information content (AvgIpc) is 3.23. The number of benzene rings is 2. The molecule has 2 aromatic rings. The van der Waals surface area contributed by atoms with E-state index in [1.165, 1.54) is 37.8 Å². The van der Waals surface area contributed by atoms with E-state index >= 15 is 0 Å². The summed E-state index contributed by atoms with van der Waals surface area (Å²) in [4.78, 5) is 16.9. The normalized spacial score (nSPS) is 17.9. The van der Waals surface area contributed by atoms with Gasteiger partial charge in [0, 0.05) is 18.7 Å². The van der Waals surface area contributed by atoms with Crippen LogP contribution in [0.3, 0.4) is 0 Å². The Bertz CT molecular complexity index is 1220. The van der Waals surface area contributed by atoms with Gasteiger partial charge in [0.15, 0.2) is 17.2 Å². The zero-order valence-electron chi connectivity index (χ0n) is 19.2. The van der Waals surface area contributed by atoms with Crippen LogP contribution in [0.2, 0.25) is 0 Å². The van der Waals surface area contributed by atoms with E-state index in [1.54, 1.807) is 30.3 Å². The molecule has 2 aromatic carbocycles. The molecule has 0 saturated carbocycles. The summed E-state index contributed by atoms with van der Waals surface area (Å²) in [6.45, 7) is 1.06. The molecule has 1 saturated heterocycles. The van der Waals surface area contributed by atoms with E-state index in [1.807, 2.05) is 0 Å². The molecule has 9 nitrogen and oxygen atoms in total. The molecule has 0 unspecified atom stereocenters. The number of nitrogens with zero attached hydrogens (tertiary/aromatic N) is 2. The Balaban J connectivity index is 1.60. The first-order valence-corrected chi connectivity index (χ1v) is 12.2. The van der Waals surface area contributed by atoms with Crippen molar-refractivity contribution in [3.63, 3.8) is 0 Å². The van der Waals surface area contributed by atoms with Gasteiger partial charge in [0.05, 0.1) is 26.2 Å². The van der Waals surface area contributed by atoms with Gasteiger partial charge in [-0.1, -0.05) is 6.42 Å². The molecule has 34 heavy (non-hydrogen) atoms. The van der Waals surface area contributed by atoms with Crippen molar-refractivity contribution in [3.05, 3.63) is 53.2 Å². The van der Waals surface area contributed by atoms with Crippen LogP contribution in [-0.4, -0.2) is 59.0 Å². The number of sulfonamides is 1. The second-order valence-corrected chi connectivity index (χ2v) is 9.72. The third-order valence-electron chi connectivity index (χ3n) is 5.67. The quantitative estimate of drug-likeness (QED) is 0.437. The molecule has 4 rings (SSSR count). The number of methoxy groups -OCH3 is 3. The van der Waals surface area contributed by atoms with Crippen LogP contribution in [0.1, 0.15) is 30.4 Å². The SMILES string of the molecule is COc1cc(C=C2N=C(c3ccc(S(=O)(=O)N4CCCCC4)cc3)OC2=O)cc(OC)c1OC. The van der Waals surface area contributed by atoms with Crippen molar-refractivity contribution in [2.45, 2.75) is 24.2 Å². The summed E-state index contributed by atoms with van der Waals surface area (Å²) in [5.74, 6) is 0.800. The summed E-state index contributed by atoms with van der Waals surface area (Å²) in [6.07, 6.45) is 4.33. The average molecular weight is 487 g/mol. The minimum Gasteiger partial charge on any atom is -0.493 e. The molecular formula is C24H26N2O7S. The number of cyclic esters (lactones) is 1. The van der Waals surface area contributed by atoms with E-state index in [9.17, 15) is 13.2 Å². The molecule has 0 aliphatic carbocycles. The number of piperidine rings is 1. The monoisotopic (exact) mass is 486 g/mol. The van der Waals surface area contributed by atoms with Crippen LogP contribution >= 0.6 is 0 Å². The number of hydrogen-bond acceptors (Lipinski definition) is 8. The first-order chi connectivity index (χ1) is 16.4. The molecule has 0 spiro atoms. The van der Waals surface area contributed by atoms with Gasteiger partial charge in [-0.25, -0.2) is 18.2 Å². The molecule has 10 heteroatoms. The topological polar surface area (TPSA) is 104 Å². The molecule has 0 radical (unpaired) electrons. The van der Waals surface area contributed by atoms with Crippen molar-refractivity contribution in [1.82, 2.24) is 4.31 Å². The van der Waals surface area contributed by atoms with Crippen LogP contribution in [-0.2, 0) is 19.6 Å². The number of carbonyl (C=O) groups excluding carboxylic acids is 1. The third kappa shape index (κ3) is 4.64. The van der Waals surface area contributed by atoms with Gasteiger partial charge in [-0.15, -0.1) is 0 Å². The number of hydrogen-bond donors (Lipinski definition) is 0. The van der Waals surface area contributed by atoms with Crippen molar-refractivity contribution >= 4 is 28.0 Å². The maximum absolute atomic E-state index is 12.8. The summed E-state index contributed by atoms with van der Waals surface area (Å²) in [5.41, 5.74) is 1.20. The summed E-state index contributed by atoms with van der Waals surface area (Å²) in [5, 5.41) is 0. The highest BCUT2D eigenvalue weighted by atomic mass is 32.2. The highest BCUT2D eigenvalue weighted by Crippen LogP contribution is 2.39. The van der Waals surface area contributed by atoms with Crippen LogP contribution in [0.5, 0.6) is 17.2 Å². The number of esters is 1. The van der Waals surface area contributed by atoms with Gasteiger partial charge in [-0.05, 0) is 60.9 Å². The lowest BCUT2D eigenvalue weighted by atomic mass is 10.1. The standard InChI is InChI=1S/C24H26N2O7S/c1-30-20-14-16(15-21(31-2)22(20)32-3)13-19-24(27)33-23(25-19)17-7-9-18(10-8-17)34(28,29)26-11-5-4-6-12-26/h7-10,13-15H,4-6,11-12H2,1-3H3. The van der Waals surface area contributed by atoms with Gasteiger partial charge < -0.3 is 18.9 Å². The van der Waals surface area contributed by atoms with Gasteiger partial charge in [0.25, 0.3) is 0 Å². The first-order valence-electron chi connectivity index (χ1n) is 10.8. The van der Waals surface area contributed by atoms with Crippen LogP contribution in [0.4, 0.5) is 0 Å². The second-order valence-electron chi connectivity index (χ2n) is 7.78. The van der Waals surface area contributed by atoms with Crippen molar-refractivity contribution in [3.8, 4) is 17.2 Å². The fourth-order valence-electron chi connectivity index (χ4n) is 3.90. The molecule has 2 heterocycles. The molecule has 0 aromatic heterocycles. The van der Waals surface area contributed by atoms with Crippen LogP contribution in [0.25, 0.3) is 6.08 Å². The van der Waals surface area contributed by atoms with Crippen LogP contribution in [0.15, 0.2) is 52.0 Å². The predicted octanol–water partition coefficient (Wildman–Crippen LogP) is 3.23. The fraction of sp³-hybridized carbons (Fsp3) is 0.333. The fourth-order valence-corrected chi connectivity index (χ4v) is 5.42. The van der Waals surface area contributed by atoms with Gasteiger partial charge in [-0.2, -0.15) is 4.31 Å². The Morgan fingerprint density at radius 1 is 0.941 bits per heavy atom. The minimum atomic E-state index is -3.54. The molecular weight excluding hydrogens is 460 g/mol. The van der Waals surface area contributed by atoms with E-state index in [4.69, 9.17) is 18.9 Å². The zero-order valence-corrected chi connectivity index (χ0v) is 20.1. The van der Waals surface area contributed by atoms with E-state index < -0.39 is 16.0 Å². The number of aliphatic imine (C=N–C) groups is 1. The molecule has 2 aliphatic heterocycles. The molecule has 1 fully saturated rings. The highest BCUT2D eigenvalue weighted by Gasteiger charge is 2.28. The van der Waals surface area contributed by atoms with Crippen LogP contribution in [0, 0.1) is 0 Å². The number of carbonyl (C=O) groups is 1. The summed E-state index contributed by atoms with van der Waals surface area (Å²) in [7, 11) is 0.970. The largest absolute Gasteiger partial charge is 0.493 e. The van der Waals surface area contributed by atoms with Gasteiger partial charge in [0.1, 0.15) is 0 Å². The lowest BCUT2D eigenvalue weighted by Gasteiger charge is -2.25. The maximum atomic E-state index is 12.8. The second kappa shape index (κ2) is 9.86. The zero-order chi connectivity index (χ0) is 24.3. The summed E-state index contributed by atoms with van der Waals surface area (Å²) >= 11 is 0. The summed E-state index contributed by atoms with van der Waals surface area (Å²) in [6, 6.07) is 9.58. The van der Waals surface area contributed by atoms with E-state index in [0.717, 1.165) is 19.3 Å². The number of rotatable bonds is 7. The number of ether oxygens (including phenoxy) is 4. The lowest BCUT2D eigenvalue weighted by Crippen LogP contribution is -2.35.